The van der Waals surface area contributed by atoms with E-state index in [0.717, 1.165) is 38.7 Å². The molecule has 3 rings (SSSR count). The van der Waals surface area contributed by atoms with Crippen molar-refractivity contribution in [3.63, 3.8) is 0 Å². The Kier molecular flexibility index (Phi) is 3.62. The summed E-state index contributed by atoms with van der Waals surface area (Å²) in [5.74, 6) is 7.18. The molecule has 3 aromatic rings. The van der Waals surface area contributed by atoms with Crippen molar-refractivity contribution in [2.75, 3.05) is 7.11 Å². The molecule has 2 heterocycles. The molecular weight excluding hydrogens is 298 g/mol. The minimum atomic E-state index is 0.690. The maximum atomic E-state index is 5.97. The van der Waals surface area contributed by atoms with Gasteiger partial charge in [-0.1, -0.05) is 0 Å². The molecule has 114 valence electrons. The number of hydrogen-bond donors (Lipinski definition) is 1. The van der Waals surface area contributed by atoms with Crippen LogP contribution in [0, 0.1) is 20.8 Å². The molecule has 0 aliphatic rings. The summed E-state index contributed by atoms with van der Waals surface area (Å²) in [7, 11) is 1.64. The van der Waals surface area contributed by atoms with Crippen molar-refractivity contribution < 1.29 is 9.15 Å². The summed E-state index contributed by atoms with van der Waals surface area (Å²) in [6, 6.07) is 3.84. The number of ether oxygens (including phenoxy) is 1. The first-order valence-electron chi connectivity index (χ1n) is 6.83. The van der Waals surface area contributed by atoms with E-state index in [1.165, 1.54) is 0 Å². The van der Waals surface area contributed by atoms with Gasteiger partial charge in [0.25, 0.3) is 0 Å². The van der Waals surface area contributed by atoms with Crippen LogP contribution in [0.15, 0.2) is 27.0 Å². The largest absolute Gasteiger partial charge is 0.496 e. The zero-order chi connectivity index (χ0) is 15.9. The molecule has 6 heteroatoms. The van der Waals surface area contributed by atoms with Gasteiger partial charge in [0.1, 0.15) is 22.5 Å². The summed E-state index contributed by atoms with van der Waals surface area (Å²) in [6.07, 6.45) is 0. The fourth-order valence-corrected chi connectivity index (χ4v) is 3.19. The van der Waals surface area contributed by atoms with Gasteiger partial charge in [-0.2, -0.15) is 5.10 Å². The highest BCUT2D eigenvalue weighted by Gasteiger charge is 2.16. The maximum Gasteiger partial charge on any atom is 0.140 e. The molecule has 0 amide bonds. The van der Waals surface area contributed by atoms with Crippen molar-refractivity contribution in [3.8, 4) is 17.0 Å². The summed E-state index contributed by atoms with van der Waals surface area (Å²) in [4.78, 5) is 4.53. The lowest BCUT2D eigenvalue weighted by Gasteiger charge is -2.10. The third kappa shape index (κ3) is 2.25. The van der Waals surface area contributed by atoms with E-state index >= 15 is 0 Å². The lowest BCUT2D eigenvalue weighted by molar-refractivity contribution is 0.411. The van der Waals surface area contributed by atoms with Crippen molar-refractivity contribution >= 4 is 22.3 Å². The highest BCUT2D eigenvalue weighted by Crippen LogP contribution is 2.29. The number of aromatic nitrogens is 1. The number of rotatable bonds is 2. The monoisotopic (exact) mass is 315 g/mol. The zero-order valence-corrected chi connectivity index (χ0v) is 13.7. The number of hydrogen-bond acceptors (Lipinski definition) is 6. The Morgan fingerprint density at radius 3 is 2.64 bits per heavy atom. The first-order chi connectivity index (χ1) is 10.5. The fourth-order valence-electron chi connectivity index (χ4n) is 2.59. The fraction of sp³-hybridized carbons (Fsp3) is 0.250. The van der Waals surface area contributed by atoms with E-state index in [4.69, 9.17) is 15.0 Å². The van der Waals surface area contributed by atoms with Gasteiger partial charge in [0, 0.05) is 16.8 Å². The van der Waals surface area contributed by atoms with Gasteiger partial charge in [-0.15, -0.1) is 11.3 Å². The Morgan fingerprint density at radius 1 is 1.27 bits per heavy atom. The van der Waals surface area contributed by atoms with Crippen molar-refractivity contribution in [1.82, 2.24) is 4.98 Å². The van der Waals surface area contributed by atoms with Gasteiger partial charge in [0.2, 0.25) is 0 Å². The lowest BCUT2D eigenvalue weighted by Crippen LogP contribution is -2.13. The van der Waals surface area contributed by atoms with E-state index < -0.39 is 0 Å². The topological polar surface area (TPSA) is 73.6 Å². The first-order valence-corrected chi connectivity index (χ1v) is 7.71. The van der Waals surface area contributed by atoms with Crippen LogP contribution in [-0.4, -0.2) is 12.1 Å². The molecule has 0 saturated heterocycles. The summed E-state index contributed by atoms with van der Waals surface area (Å²) >= 11 is 1.59. The molecule has 0 saturated carbocycles. The quantitative estimate of drug-likeness (QED) is 0.582. The van der Waals surface area contributed by atoms with Gasteiger partial charge in [-0.25, -0.2) is 4.98 Å². The minimum absolute atomic E-state index is 0.690. The van der Waals surface area contributed by atoms with Crippen LogP contribution in [-0.2, 0) is 0 Å². The second kappa shape index (κ2) is 5.46. The summed E-state index contributed by atoms with van der Waals surface area (Å²) in [6.45, 7) is 5.84. The van der Waals surface area contributed by atoms with Crippen molar-refractivity contribution in [2.24, 2.45) is 10.9 Å². The number of aryl methyl sites for hydroxylation is 3. The molecule has 0 atom stereocenters. The third-order valence-electron chi connectivity index (χ3n) is 3.61. The normalized spacial score (nSPS) is 12.1. The Morgan fingerprint density at radius 2 is 2.05 bits per heavy atom. The predicted molar refractivity (Wildman–Crippen MR) is 87.8 cm³/mol. The summed E-state index contributed by atoms with van der Waals surface area (Å²) in [5, 5.41) is 8.53. The van der Waals surface area contributed by atoms with Crippen molar-refractivity contribution in [1.29, 1.82) is 0 Å². The number of methoxy groups -OCH3 is 1. The molecule has 2 N–H and O–H groups in total. The van der Waals surface area contributed by atoms with Gasteiger partial charge in [-0.05, 0) is 32.4 Å². The SMILES string of the molecule is COc1cc2oc(C)c(-c3csc(C)n3)c(=NN)c2cc1C. The summed E-state index contributed by atoms with van der Waals surface area (Å²) in [5.41, 5.74) is 3.37. The molecule has 0 radical (unpaired) electrons. The smallest absolute Gasteiger partial charge is 0.140 e. The van der Waals surface area contributed by atoms with E-state index in [9.17, 15) is 0 Å². The van der Waals surface area contributed by atoms with E-state index in [0.29, 0.717) is 10.9 Å². The average molecular weight is 315 g/mol. The standard InChI is InChI=1S/C16H17N3O2S/c1-8-5-11-14(6-13(8)20-4)21-9(2)15(16(11)19-17)12-7-22-10(3)18-12/h5-7H,17H2,1-4H3. The second-order valence-corrected chi connectivity index (χ2v) is 6.14. The molecule has 1 aromatic carbocycles. The zero-order valence-electron chi connectivity index (χ0n) is 12.9. The molecule has 0 bridgehead atoms. The Hall–Kier alpha value is -2.34. The van der Waals surface area contributed by atoms with Crippen molar-refractivity contribution in [3.05, 3.63) is 39.2 Å². The van der Waals surface area contributed by atoms with E-state index in [1.54, 1.807) is 18.4 Å². The molecule has 0 aliphatic heterocycles. The van der Waals surface area contributed by atoms with Crippen LogP contribution in [0.2, 0.25) is 0 Å². The van der Waals surface area contributed by atoms with Gasteiger partial charge < -0.3 is 15.0 Å². The van der Waals surface area contributed by atoms with Crippen LogP contribution in [0.1, 0.15) is 16.3 Å². The van der Waals surface area contributed by atoms with Gasteiger partial charge >= 0.3 is 0 Å². The molecule has 0 fully saturated rings. The molecule has 2 aromatic heterocycles. The van der Waals surface area contributed by atoms with Crippen LogP contribution >= 0.6 is 11.3 Å². The number of thiazole rings is 1. The van der Waals surface area contributed by atoms with E-state index in [1.807, 2.05) is 38.3 Å². The highest BCUT2D eigenvalue weighted by molar-refractivity contribution is 7.09. The average Bonchev–Trinajstić information content (AvgIpc) is 2.91. The highest BCUT2D eigenvalue weighted by atomic mass is 32.1. The van der Waals surface area contributed by atoms with Crippen molar-refractivity contribution in [2.45, 2.75) is 20.8 Å². The predicted octanol–water partition coefficient (Wildman–Crippen LogP) is 3.26. The molecule has 5 nitrogen and oxygen atoms in total. The van der Waals surface area contributed by atoms with Gasteiger partial charge in [0.05, 0.1) is 23.4 Å². The Labute approximate surface area is 132 Å². The molecular formula is C16H17N3O2S. The Bertz CT molecular complexity index is 925. The van der Waals surface area contributed by atoms with Crippen LogP contribution < -0.4 is 15.9 Å². The van der Waals surface area contributed by atoms with Gasteiger partial charge in [0.15, 0.2) is 0 Å². The van der Waals surface area contributed by atoms with Gasteiger partial charge in [-0.3, -0.25) is 0 Å². The molecule has 0 aliphatic carbocycles. The minimum Gasteiger partial charge on any atom is -0.496 e. The van der Waals surface area contributed by atoms with E-state index in [2.05, 4.69) is 10.1 Å². The Balaban J connectivity index is 2.42. The number of nitrogens with two attached hydrogens (primary N) is 1. The summed E-state index contributed by atoms with van der Waals surface area (Å²) < 4.78 is 11.3. The molecule has 22 heavy (non-hydrogen) atoms. The lowest BCUT2D eigenvalue weighted by atomic mass is 10.1. The number of benzene rings is 1. The van der Waals surface area contributed by atoms with Crippen LogP contribution in [0.4, 0.5) is 0 Å². The second-order valence-electron chi connectivity index (χ2n) is 5.08. The molecule has 0 spiro atoms. The first kappa shape index (κ1) is 14.6. The molecule has 0 unspecified atom stereocenters. The number of nitrogens with zero attached hydrogens (tertiary/aromatic N) is 2. The van der Waals surface area contributed by atoms with Crippen LogP contribution in [0.3, 0.4) is 0 Å². The van der Waals surface area contributed by atoms with E-state index in [-0.39, 0.29) is 0 Å². The van der Waals surface area contributed by atoms with Crippen LogP contribution in [0.5, 0.6) is 5.75 Å². The van der Waals surface area contributed by atoms with Crippen LogP contribution in [0.25, 0.3) is 22.2 Å². The third-order valence-corrected chi connectivity index (χ3v) is 4.38. The maximum absolute atomic E-state index is 5.97. The number of fused-ring (bicyclic) bond motifs is 1.